The summed E-state index contributed by atoms with van der Waals surface area (Å²) in [6.07, 6.45) is 1.01. The van der Waals surface area contributed by atoms with Gasteiger partial charge in [0.15, 0.2) is 0 Å². The Kier molecular flexibility index (Phi) is 5.04. The van der Waals surface area contributed by atoms with Crippen LogP contribution in [0.4, 0.5) is 0 Å². The van der Waals surface area contributed by atoms with Gasteiger partial charge >= 0.3 is 0 Å². The summed E-state index contributed by atoms with van der Waals surface area (Å²) in [4.78, 5) is 19.7. The van der Waals surface area contributed by atoms with Gasteiger partial charge in [-0.1, -0.05) is 31.2 Å². The van der Waals surface area contributed by atoms with Crippen molar-refractivity contribution < 1.29 is 9.21 Å². The summed E-state index contributed by atoms with van der Waals surface area (Å²) < 4.78 is 5.56. The maximum atomic E-state index is 12.8. The van der Waals surface area contributed by atoms with E-state index in [0.29, 0.717) is 11.4 Å². The first-order valence-corrected chi connectivity index (χ1v) is 9.17. The molecule has 0 saturated heterocycles. The van der Waals surface area contributed by atoms with E-state index in [9.17, 15) is 4.79 Å². The van der Waals surface area contributed by atoms with Gasteiger partial charge in [-0.2, -0.15) is 0 Å². The summed E-state index contributed by atoms with van der Waals surface area (Å²) in [6.45, 7) is 6.37. The topological polar surface area (TPSA) is 46.3 Å². The minimum atomic E-state index is -0.0273. The average molecular weight is 354 g/mol. The van der Waals surface area contributed by atoms with E-state index in [1.807, 2.05) is 26.0 Å². The fourth-order valence-corrected chi connectivity index (χ4v) is 3.72. The summed E-state index contributed by atoms with van der Waals surface area (Å²) in [5, 5.41) is 0.880. The quantitative estimate of drug-likeness (QED) is 0.658. The van der Waals surface area contributed by atoms with E-state index < -0.39 is 0 Å². The molecule has 0 bridgehead atoms. The molecular weight excluding hydrogens is 332 g/mol. The van der Waals surface area contributed by atoms with Crippen LogP contribution in [-0.4, -0.2) is 22.8 Å². The highest BCUT2D eigenvalue weighted by atomic mass is 32.1. The van der Waals surface area contributed by atoms with E-state index in [1.165, 1.54) is 16.9 Å². The monoisotopic (exact) mass is 354 g/mol. The molecule has 5 heteroatoms. The summed E-state index contributed by atoms with van der Waals surface area (Å²) in [7, 11) is 1.79. The van der Waals surface area contributed by atoms with Gasteiger partial charge in [0.25, 0.3) is 5.91 Å². The minimum Gasteiger partial charge on any atom is -0.464 e. The molecule has 0 aliphatic heterocycles. The van der Waals surface area contributed by atoms with E-state index in [2.05, 4.69) is 36.2 Å². The van der Waals surface area contributed by atoms with E-state index in [0.717, 1.165) is 34.2 Å². The lowest BCUT2D eigenvalue weighted by Crippen LogP contribution is -2.25. The lowest BCUT2D eigenvalue weighted by molar-refractivity contribution is 0.0779. The molecule has 0 spiro atoms. The number of amides is 1. The first-order valence-electron chi connectivity index (χ1n) is 8.35. The standard InChI is InChI=1S/C20H22N2O2S/c1-5-15-7-9-16(10-8-15)19-21-14(3)18(25-19)20(23)22(4)12-17-11-6-13(2)24-17/h6-11H,5,12H2,1-4H3. The highest BCUT2D eigenvalue weighted by Crippen LogP contribution is 2.29. The maximum absolute atomic E-state index is 12.8. The molecule has 0 atom stereocenters. The van der Waals surface area contributed by atoms with Crippen molar-refractivity contribution in [1.29, 1.82) is 0 Å². The number of rotatable bonds is 5. The van der Waals surface area contributed by atoms with Crippen molar-refractivity contribution >= 4 is 17.2 Å². The molecule has 0 unspecified atom stereocenters. The van der Waals surface area contributed by atoms with Crippen LogP contribution in [-0.2, 0) is 13.0 Å². The molecule has 0 fully saturated rings. The summed E-state index contributed by atoms with van der Waals surface area (Å²) >= 11 is 1.45. The predicted molar refractivity (Wildman–Crippen MR) is 101 cm³/mol. The second kappa shape index (κ2) is 7.23. The van der Waals surface area contributed by atoms with E-state index in [1.54, 1.807) is 11.9 Å². The summed E-state index contributed by atoms with van der Waals surface area (Å²) in [6, 6.07) is 12.2. The van der Waals surface area contributed by atoms with Gasteiger partial charge in [-0.15, -0.1) is 11.3 Å². The molecule has 0 saturated carbocycles. The third-order valence-corrected chi connectivity index (χ3v) is 5.33. The molecule has 3 aromatic rings. The molecule has 1 amide bonds. The Morgan fingerprint density at radius 3 is 2.48 bits per heavy atom. The Labute approximate surface area is 152 Å². The number of carbonyl (C=O) groups is 1. The van der Waals surface area contributed by atoms with E-state index in [4.69, 9.17) is 4.42 Å². The molecular formula is C20H22N2O2S. The average Bonchev–Trinajstić information content (AvgIpc) is 3.20. The van der Waals surface area contributed by atoms with Gasteiger partial charge in [-0.25, -0.2) is 4.98 Å². The van der Waals surface area contributed by atoms with Crippen molar-refractivity contribution in [3.05, 3.63) is 64.1 Å². The Morgan fingerprint density at radius 2 is 1.88 bits per heavy atom. The van der Waals surface area contributed by atoms with Gasteiger partial charge in [0.1, 0.15) is 21.4 Å². The number of thiazole rings is 1. The molecule has 0 aliphatic rings. The van der Waals surface area contributed by atoms with Crippen molar-refractivity contribution in [3.8, 4) is 10.6 Å². The third kappa shape index (κ3) is 3.82. The maximum Gasteiger partial charge on any atom is 0.266 e. The minimum absolute atomic E-state index is 0.0273. The van der Waals surface area contributed by atoms with Gasteiger partial charge in [-0.3, -0.25) is 4.79 Å². The number of aromatic nitrogens is 1. The van der Waals surface area contributed by atoms with E-state index in [-0.39, 0.29) is 5.91 Å². The Hall–Kier alpha value is -2.40. The van der Waals surface area contributed by atoms with Gasteiger partial charge in [0.2, 0.25) is 0 Å². The summed E-state index contributed by atoms with van der Waals surface area (Å²) in [5.74, 6) is 1.61. The number of hydrogen-bond donors (Lipinski definition) is 0. The van der Waals surface area contributed by atoms with Gasteiger partial charge in [0.05, 0.1) is 12.2 Å². The molecule has 130 valence electrons. The molecule has 2 aromatic heterocycles. The first kappa shape index (κ1) is 17.4. The van der Waals surface area contributed by atoms with Crippen LogP contribution in [0.2, 0.25) is 0 Å². The molecule has 2 heterocycles. The van der Waals surface area contributed by atoms with Gasteiger partial charge < -0.3 is 9.32 Å². The van der Waals surface area contributed by atoms with E-state index >= 15 is 0 Å². The van der Waals surface area contributed by atoms with Crippen molar-refractivity contribution in [2.75, 3.05) is 7.05 Å². The lowest BCUT2D eigenvalue weighted by atomic mass is 10.1. The van der Waals surface area contributed by atoms with Crippen LogP contribution in [0.15, 0.2) is 40.8 Å². The lowest BCUT2D eigenvalue weighted by Gasteiger charge is -2.14. The van der Waals surface area contributed by atoms with Crippen molar-refractivity contribution in [2.45, 2.75) is 33.7 Å². The van der Waals surface area contributed by atoms with Crippen LogP contribution in [0, 0.1) is 13.8 Å². The summed E-state index contributed by atoms with van der Waals surface area (Å²) in [5.41, 5.74) is 3.11. The highest BCUT2D eigenvalue weighted by molar-refractivity contribution is 7.17. The molecule has 4 nitrogen and oxygen atoms in total. The normalized spacial score (nSPS) is 10.9. The van der Waals surface area contributed by atoms with Crippen LogP contribution in [0.3, 0.4) is 0 Å². The Morgan fingerprint density at radius 1 is 1.16 bits per heavy atom. The molecule has 0 aliphatic carbocycles. The van der Waals surface area contributed by atoms with Crippen LogP contribution < -0.4 is 0 Å². The molecule has 0 N–H and O–H groups in total. The Balaban J connectivity index is 1.79. The SMILES string of the molecule is CCc1ccc(-c2nc(C)c(C(=O)N(C)Cc3ccc(C)o3)s2)cc1. The zero-order valence-electron chi connectivity index (χ0n) is 15.0. The first-order chi connectivity index (χ1) is 12.0. The molecule has 0 radical (unpaired) electrons. The van der Waals surface area contributed by atoms with Crippen LogP contribution in [0.5, 0.6) is 0 Å². The number of benzene rings is 1. The van der Waals surface area contributed by atoms with Crippen molar-refractivity contribution in [1.82, 2.24) is 9.88 Å². The third-order valence-electron chi connectivity index (χ3n) is 4.14. The molecule has 1 aromatic carbocycles. The number of furan rings is 1. The second-order valence-corrected chi connectivity index (χ2v) is 7.16. The number of nitrogens with zero attached hydrogens (tertiary/aromatic N) is 2. The van der Waals surface area contributed by atoms with Crippen LogP contribution in [0.25, 0.3) is 10.6 Å². The Bertz CT molecular complexity index is 877. The molecule has 25 heavy (non-hydrogen) atoms. The largest absolute Gasteiger partial charge is 0.464 e. The van der Waals surface area contributed by atoms with Crippen LogP contribution in [0.1, 0.15) is 39.4 Å². The molecule has 3 rings (SSSR count). The van der Waals surface area contributed by atoms with Crippen LogP contribution >= 0.6 is 11.3 Å². The smallest absolute Gasteiger partial charge is 0.266 e. The van der Waals surface area contributed by atoms with Gasteiger partial charge in [0, 0.05) is 12.6 Å². The zero-order valence-corrected chi connectivity index (χ0v) is 15.8. The number of hydrogen-bond acceptors (Lipinski definition) is 4. The second-order valence-electron chi connectivity index (χ2n) is 6.16. The zero-order chi connectivity index (χ0) is 18.0. The fraction of sp³-hybridized carbons (Fsp3) is 0.300. The highest BCUT2D eigenvalue weighted by Gasteiger charge is 2.20. The predicted octanol–water partition coefficient (Wildman–Crippen LogP) is 4.85. The number of carbonyl (C=O) groups excluding carboxylic acids is 1. The van der Waals surface area contributed by atoms with Crippen molar-refractivity contribution in [2.24, 2.45) is 0 Å². The number of aryl methyl sites for hydroxylation is 3. The fourth-order valence-electron chi connectivity index (χ4n) is 2.65. The van der Waals surface area contributed by atoms with Crippen molar-refractivity contribution in [3.63, 3.8) is 0 Å². The van der Waals surface area contributed by atoms with Gasteiger partial charge in [-0.05, 0) is 38.0 Å².